The third-order valence-corrected chi connectivity index (χ3v) is 2.96. The standard InChI is InChI=1S/C13H17NO4/c15-10-2-3-11(12(16)8-10)13(17)9-14-4-1-6-18-7-5-14/h2-3,8,15-16H,1,4-7,9H2. The number of hydrogen-bond donors (Lipinski definition) is 2. The van der Waals surface area contributed by atoms with Crippen LogP contribution in [0.3, 0.4) is 0 Å². The number of phenolic OH excluding ortho intramolecular Hbond substituents is 2. The summed E-state index contributed by atoms with van der Waals surface area (Å²) in [5.41, 5.74) is 0.248. The van der Waals surface area contributed by atoms with Crippen molar-refractivity contribution in [2.45, 2.75) is 6.42 Å². The molecule has 1 aliphatic heterocycles. The number of carbonyl (C=O) groups excluding carboxylic acids is 1. The van der Waals surface area contributed by atoms with Gasteiger partial charge in [-0.1, -0.05) is 0 Å². The first kappa shape index (κ1) is 12.9. The molecule has 0 aromatic heterocycles. The lowest BCUT2D eigenvalue weighted by molar-refractivity contribution is 0.0919. The minimum atomic E-state index is -0.175. The van der Waals surface area contributed by atoms with Gasteiger partial charge in [0.05, 0.1) is 18.7 Å². The van der Waals surface area contributed by atoms with E-state index in [1.807, 2.05) is 4.90 Å². The molecule has 2 N–H and O–H groups in total. The average molecular weight is 251 g/mol. The summed E-state index contributed by atoms with van der Waals surface area (Å²) in [6, 6.07) is 4.03. The van der Waals surface area contributed by atoms with Gasteiger partial charge >= 0.3 is 0 Å². The molecule has 5 nitrogen and oxygen atoms in total. The Hall–Kier alpha value is -1.59. The number of benzene rings is 1. The Labute approximate surface area is 106 Å². The molecule has 1 aliphatic rings. The van der Waals surface area contributed by atoms with E-state index in [0.717, 1.165) is 26.1 Å². The van der Waals surface area contributed by atoms with Crippen LogP contribution in [-0.2, 0) is 4.74 Å². The number of ketones is 1. The highest BCUT2D eigenvalue weighted by Crippen LogP contribution is 2.23. The van der Waals surface area contributed by atoms with E-state index in [0.29, 0.717) is 6.61 Å². The topological polar surface area (TPSA) is 70.0 Å². The zero-order valence-corrected chi connectivity index (χ0v) is 10.1. The maximum absolute atomic E-state index is 12.0. The van der Waals surface area contributed by atoms with Gasteiger partial charge in [-0.05, 0) is 18.6 Å². The molecule has 0 saturated carbocycles. The van der Waals surface area contributed by atoms with Gasteiger partial charge in [-0.2, -0.15) is 0 Å². The van der Waals surface area contributed by atoms with Crippen LogP contribution in [0.1, 0.15) is 16.8 Å². The molecule has 0 amide bonds. The van der Waals surface area contributed by atoms with E-state index in [-0.39, 0.29) is 29.4 Å². The van der Waals surface area contributed by atoms with Crippen molar-refractivity contribution in [2.24, 2.45) is 0 Å². The van der Waals surface area contributed by atoms with Crippen LogP contribution in [0.2, 0.25) is 0 Å². The van der Waals surface area contributed by atoms with E-state index in [9.17, 15) is 15.0 Å². The van der Waals surface area contributed by atoms with Crippen molar-refractivity contribution in [3.05, 3.63) is 23.8 Å². The predicted molar refractivity (Wildman–Crippen MR) is 66.0 cm³/mol. The number of nitrogens with zero attached hydrogens (tertiary/aromatic N) is 1. The number of ether oxygens (including phenoxy) is 1. The normalized spacial score (nSPS) is 17.3. The summed E-state index contributed by atoms with van der Waals surface area (Å²) in [7, 11) is 0. The molecule has 0 unspecified atom stereocenters. The molecular formula is C13H17NO4. The zero-order valence-electron chi connectivity index (χ0n) is 10.1. The predicted octanol–water partition coefficient (Wildman–Crippen LogP) is 1.00. The number of aromatic hydroxyl groups is 2. The third-order valence-electron chi connectivity index (χ3n) is 2.96. The van der Waals surface area contributed by atoms with Crippen LogP contribution in [0.4, 0.5) is 0 Å². The van der Waals surface area contributed by atoms with Gasteiger partial charge in [0.2, 0.25) is 0 Å². The first-order chi connectivity index (χ1) is 8.66. The average Bonchev–Trinajstić information content (AvgIpc) is 2.57. The summed E-state index contributed by atoms with van der Waals surface area (Å²) in [5, 5.41) is 18.8. The molecule has 1 aromatic rings. The molecule has 1 fully saturated rings. The fourth-order valence-corrected chi connectivity index (χ4v) is 2.00. The molecule has 1 saturated heterocycles. The lowest BCUT2D eigenvalue weighted by Gasteiger charge is -2.18. The van der Waals surface area contributed by atoms with Crippen LogP contribution in [0.5, 0.6) is 11.5 Å². The van der Waals surface area contributed by atoms with E-state index >= 15 is 0 Å². The van der Waals surface area contributed by atoms with Gasteiger partial charge in [0, 0.05) is 25.8 Å². The van der Waals surface area contributed by atoms with Crippen molar-refractivity contribution >= 4 is 5.78 Å². The highest BCUT2D eigenvalue weighted by molar-refractivity contribution is 6.00. The number of carbonyl (C=O) groups is 1. The van der Waals surface area contributed by atoms with Crippen molar-refractivity contribution in [2.75, 3.05) is 32.8 Å². The summed E-state index contributed by atoms with van der Waals surface area (Å²) in [6.45, 7) is 3.18. The molecular weight excluding hydrogens is 234 g/mol. The SMILES string of the molecule is O=C(CN1CCCOCC1)c1ccc(O)cc1O. The van der Waals surface area contributed by atoms with Crippen LogP contribution in [-0.4, -0.2) is 53.7 Å². The maximum Gasteiger partial charge on any atom is 0.180 e. The fraction of sp³-hybridized carbons (Fsp3) is 0.462. The van der Waals surface area contributed by atoms with Gasteiger partial charge in [0.25, 0.3) is 0 Å². The first-order valence-corrected chi connectivity index (χ1v) is 6.02. The third kappa shape index (κ3) is 3.21. The van der Waals surface area contributed by atoms with Crippen molar-refractivity contribution < 1.29 is 19.7 Å². The summed E-state index contributed by atoms with van der Waals surface area (Å²) in [5.74, 6) is -0.368. The summed E-state index contributed by atoms with van der Waals surface area (Å²) in [6.07, 6.45) is 0.912. The Morgan fingerprint density at radius 2 is 2.11 bits per heavy atom. The van der Waals surface area contributed by atoms with Gasteiger partial charge in [-0.3, -0.25) is 9.69 Å². The Kier molecular flexibility index (Phi) is 4.17. The minimum Gasteiger partial charge on any atom is -0.508 e. The molecule has 5 heteroatoms. The first-order valence-electron chi connectivity index (χ1n) is 6.02. The van der Waals surface area contributed by atoms with E-state index in [1.165, 1.54) is 18.2 Å². The van der Waals surface area contributed by atoms with Gasteiger partial charge < -0.3 is 14.9 Å². The smallest absolute Gasteiger partial charge is 0.180 e. The Balaban J connectivity index is 2.02. The second kappa shape index (κ2) is 5.84. The second-order valence-corrected chi connectivity index (χ2v) is 4.37. The molecule has 0 atom stereocenters. The second-order valence-electron chi connectivity index (χ2n) is 4.37. The van der Waals surface area contributed by atoms with E-state index in [2.05, 4.69) is 0 Å². The van der Waals surface area contributed by atoms with E-state index in [4.69, 9.17) is 4.74 Å². The van der Waals surface area contributed by atoms with Crippen LogP contribution in [0, 0.1) is 0 Å². The van der Waals surface area contributed by atoms with Crippen LogP contribution in [0.25, 0.3) is 0 Å². The molecule has 18 heavy (non-hydrogen) atoms. The largest absolute Gasteiger partial charge is 0.508 e. The van der Waals surface area contributed by atoms with E-state index < -0.39 is 0 Å². The molecule has 0 aliphatic carbocycles. The molecule has 0 bridgehead atoms. The lowest BCUT2D eigenvalue weighted by Crippen LogP contribution is -2.32. The molecule has 98 valence electrons. The lowest BCUT2D eigenvalue weighted by atomic mass is 10.1. The number of phenols is 2. The molecule has 1 aromatic carbocycles. The zero-order chi connectivity index (χ0) is 13.0. The molecule has 0 spiro atoms. The summed E-state index contributed by atoms with van der Waals surface area (Å²) in [4.78, 5) is 14.0. The summed E-state index contributed by atoms with van der Waals surface area (Å²) < 4.78 is 5.32. The number of rotatable bonds is 3. The fourth-order valence-electron chi connectivity index (χ4n) is 2.00. The van der Waals surface area contributed by atoms with Gasteiger partial charge in [-0.25, -0.2) is 0 Å². The molecule has 2 rings (SSSR count). The quantitative estimate of drug-likeness (QED) is 0.784. The van der Waals surface area contributed by atoms with E-state index in [1.54, 1.807) is 0 Å². The number of Topliss-reactive ketones (excluding diaryl/α,β-unsaturated/α-hetero) is 1. The maximum atomic E-state index is 12.0. The highest BCUT2D eigenvalue weighted by atomic mass is 16.5. The van der Waals surface area contributed by atoms with Crippen molar-refractivity contribution in [3.63, 3.8) is 0 Å². The Bertz CT molecular complexity index is 425. The van der Waals surface area contributed by atoms with Crippen LogP contribution >= 0.6 is 0 Å². The number of hydrogen-bond acceptors (Lipinski definition) is 5. The van der Waals surface area contributed by atoms with Crippen molar-refractivity contribution in [3.8, 4) is 11.5 Å². The highest BCUT2D eigenvalue weighted by Gasteiger charge is 2.17. The van der Waals surface area contributed by atoms with Crippen molar-refractivity contribution in [1.82, 2.24) is 4.90 Å². The minimum absolute atomic E-state index is 0.0489. The van der Waals surface area contributed by atoms with Gasteiger partial charge in [0.1, 0.15) is 11.5 Å². The molecule has 0 radical (unpaired) electrons. The van der Waals surface area contributed by atoms with Crippen LogP contribution < -0.4 is 0 Å². The molecule has 1 heterocycles. The Morgan fingerprint density at radius 3 is 2.89 bits per heavy atom. The van der Waals surface area contributed by atoms with Gasteiger partial charge in [0.15, 0.2) is 5.78 Å². The Morgan fingerprint density at radius 1 is 1.28 bits per heavy atom. The monoisotopic (exact) mass is 251 g/mol. The summed E-state index contributed by atoms with van der Waals surface area (Å²) >= 11 is 0. The van der Waals surface area contributed by atoms with Crippen molar-refractivity contribution in [1.29, 1.82) is 0 Å². The van der Waals surface area contributed by atoms with Crippen LogP contribution in [0.15, 0.2) is 18.2 Å². The van der Waals surface area contributed by atoms with Gasteiger partial charge in [-0.15, -0.1) is 0 Å².